The molecule has 10 heteroatoms. The first-order chi connectivity index (χ1) is 16.1. The molecule has 0 unspecified atom stereocenters. The molecule has 0 fully saturated rings. The smallest absolute Gasteiger partial charge is 0.248 e. The van der Waals surface area contributed by atoms with E-state index in [9.17, 15) is 22.7 Å². The minimum atomic E-state index is -4.02. The molecule has 0 spiro atoms. The monoisotopic (exact) mass is 494 g/mol. The van der Waals surface area contributed by atoms with Crippen molar-refractivity contribution in [3.8, 4) is 16.9 Å². The number of ether oxygens (including phenoxy) is 2. The Balaban J connectivity index is 2.11. The Labute approximate surface area is 199 Å². The van der Waals surface area contributed by atoms with Gasteiger partial charge >= 0.3 is 0 Å². The number of carbonyl (C=O) groups excluding carboxylic acids is 1. The van der Waals surface area contributed by atoms with Crippen LogP contribution in [0.2, 0.25) is 0 Å². The highest BCUT2D eigenvalue weighted by molar-refractivity contribution is 7.89. The third-order valence-corrected chi connectivity index (χ3v) is 8.02. The molecule has 3 rings (SSSR count). The summed E-state index contributed by atoms with van der Waals surface area (Å²) < 4.78 is 53.9. The van der Waals surface area contributed by atoms with Crippen LogP contribution < -0.4 is 4.74 Å². The largest absolute Gasteiger partial charge is 0.487 e. The number of sulfonamides is 1. The molecule has 0 saturated carbocycles. The predicted molar refractivity (Wildman–Crippen MR) is 125 cm³/mol. The number of hydrogen-bond donors (Lipinski definition) is 1. The highest BCUT2D eigenvalue weighted by atomic mass is 32.2. The van der Waals surface area contributed by atoms with Gasteiger partial charge in [0.15, 0.2) is 0 Å². The van der Waals surface area contributed by atoms with E-state index in [1.54, 1.807) is 32.2 Å². The number of likely N-dealkylation sites (N-methyl/N-ethyl adjacent to an activating group) is 1. The highest BCUT2D eigenvalue weighted by Crippen LogP contribution is 2.37. The number of carbonyl (C=O) groups is 1. The number of fused-ring (bicyclic) bond motifs is 1. The van der Waals surface area contributed by atoms with E-state index in [-0.39, 0.29) is 48.8 Å². The van der Waals surface area contributed by atoms with Crippen LogP contribution in [0.5, 0.6) is 5.75 Å². The van der Waals surface area contributed by atoms with Crippen molar-refractivity contribution in [3.63, 3.8) is 0 Å². The number of nitrogens with zero attached hydrogens (tertiary/aromatic N) is 2. The first-order valence-corrected chi connectivity index (χ1v) is 12.4. The lowest BCUT2D eigenvalue weighted by Crippen LogP contribution is -2.50. The zero-order valence-corrected chi connectivity index (χ0v) is 20.6. The number of hydrogen-bond acceptors (Lipinski definition) is 6. The Morgan fingerprint density at radius 2 is 2.03 bits per heavy atom. The Morgan fingerprint density at radius 1 is 1.32 bits per heavy atom. The molecule has 1 aliphatic heterocycles. The second kappa shape index (κ2) is 10.8. The van der Waals surface area contributed by atoms with Crippen LogP contribution in [0.4, 0.5) is 4.39 Å². The molecular weight excluding hydrogens is 463 g/mol. The maximum Gasteiger partial charge on any atom is 0.248 e. The first kappa shape index (κ1) is 26.1. The predicted octanol–water partition coefficient (Wildman–Crippen LogP) is 2.37. The summed E-state index contributed by atoms with van der Waals surface area (Å²) in [6.45, 7) is 3.30. The molecule has 1 aliphatic rings. The van der Waals surface area contributed by atoms with Crippen LogP contribution >= 0.6 is 0 Å². The van der Waals surface area contributed by atoms with Crippen molar-refractivity contribution in [2.75, 3.05) is 40.5 Å². The van der Waals surface area contributed by atoms with Crippen LogP contribution in [0.25, 0.3) is 11.1 Å². The Kier molecular flexibility index (Phi) is 8.29. The summed E-state index contributed by atoms with van der Waals surface area (Å²) in [7, 11) is -0.965. The van der Waals surface area contributed by atoms with E-state index >= 15 is 0 Å². The van der Waals surface area contributed by atoms with E-state index < -0.39 is 28.0 Å². The average Bonchev–Trinajstić information content (AvgIpc) is 2.81. The van der Waals surface area contributed by atoms with Crippen molar-refractivity contribution < 1.29 is 32.2 Å². The highest BCUT2D eigenvalue weighted by Gasteiger charge is 2.38. The molecule has 1 N–H and O–H groups in total. The number of benzene rings is 2. The first-order valence-electron chi connectivity index (χ1n) is 11.0. The zero-order chi connectivity index (χ0) is 25.0. The van der Waals surface area contributed by atoms with E-state index in [0.717, 1.165) is 0 Å². The van der Waals surface area contributed by atoms with E-state index in [2.05, 4.69) is 0 Å². The second-order valence-electron chi connectivity index (χ2n) is 8.59. The number of amides is 1. The fourth-order valence-corrected chi connectivity index (χ4v) is 5.74. The maximum atomic E-state index is 14.4. The van der Waals surface area contributed by atoms with Gasteiger partial charge in [-0.25, -0.2) is 12.8 Å². The molecule has 0 aliphatic carbocycles. The molecule has 0 saturated heterocycles. The fraction of sp³-hybridized carbons (Fsp3) is 0.458. The summed E-state index contributed by atoms with van der Waals surface area (Å²) >= 11 is 0. The number of aliphatic hydroxyl groups is 1. The SMILES string of the molecule is COCC(=O)N(C)C[C@@H]1Oc2cc(-c3ccccc3F)ccc2S(=O)(=O)N([C@@H](C)CO)C[C@@H]1C. The van der Waals surface area contributed by atoms with Gasteiger partial charge in [0.05, 0.1) is 13.2 Å². The third kappa shape index (κ3) is 5.41. The molecule has 34 heavy (non-hydrogen) atoms. The normalized spacial score (nSPS) is 21.0. The molecule has 3 atom stereocenters. The van der Waals surface area contributed by atoms with Gasteiger partial charge in [-0.05, 0) is 30.7 Å². The summed E-state index contributed by atoms with van der Waals surface area (Å²) in [4.78, 5) is 13.7. The van der Waals surface area contributed by atoms with Crippen molar-refractivity contribution in [3.05, 3.63) is 48.3 Å². The number of rotatable bonds is 7. The molecule has 0 aromatic heterocycles. The number of aliphatic hydroxyl groups excluding tert-OH is 1. The van der Waals surface area contributed by atoms with Gasteiger partial charge in [0.2, 0.25) is 15.9 Å². The number of halogens is 1. The van der Waals surface area contributed by atoms with Crippen LogP contribution in [0.15, 0.2) is 47.4 Å². The van der Waals surface area contributed by atoms with Gasteiger partial charge in [-0.3, -0.25) is 4.79 Å². The van der Waals surface area contributed by atoms with E-state index in [1.807, 2.05) is 6.92 Å². The zero-order valence-electron chi connectivity index (χ0n) is 19.8. The summed E-state index contributed by atoms with van der Waals surface area (Å²) in [6.07, 6.45) is -0.565. The van der Waals surface area contributed by atoms with Gasteiger partial charge in [0.25, 0.3) is 0 Å². The molecule has 2 aromatic carbocycles. The van der Waals surface area contributed by atoms with Gasteiger partial charge in [-0.15, -0.1) is 0 Å². The van der Waals surface area contributed by atoms with E-state index in [4.69, 9.17) is 9.47 Å². The average molecular weight is 495 g/mol. The summed E-state index contributed by atoms with van der Waals surface area (Å²) in [5.41, 5.74) is 0.774. The molecule has 8 nitrogen and oxygen atoms in total. The summed E-state index contributed by atoms with van der Waals surface area (Å²) in [6, 6.07) is 9.98. The minimum Gasteiger partial charge on any atom is -0.487 e. The standard InChI is InChI=1S/C24H31FN2O6S/c1-16-12-27(17(2)14-28)34(30,31)23-10-9-18(19-7-5-6-8-20(19)25)11-21(23)33-22(16)13-26(3)24(29)15-32-4/h5-11,16-17,22,28H,12-15H2,1-4H3/t16-,17-,22-/m0/s1. The van der Waals surface area contributed by atoms with Crippen LogP contribution in [0, 0.1) is 11.7 Å². The minimum absolute atomic E-state index is 0.0695. The van der Waals surface area contributed by atoms with Crippen molar-refractivity contribution >= 4 is 15.9 Å². The Morgan fingerprint density at radius 3 is 2.68 bits per heavy atom. The molecule has 0 bridgehead atoms. The lowest BCUT2D eigenvalue weighted by molar-refractivity contribution is -0.135. The van der Waals surface area contributed by atoms with Gasteiger partial charge < -0.3 is 19.5 Å². The van der Waals surface area contributed by atoms with Crippen molar-refractivity contribution in [1.82, 2.24) is 9.21 Å². The topological polar surface area (TPSA) is 96.4 Å². The van der Waals surface area contributed by atoms with Crippen LogP contribution in [-0.4, -0.2) is 81.2 Å². The van der Waals surface area contributed by atoms with Gasteiger partial charge in [0.1, 0.15) is 29.2 Å². The molecule has 2 aromatic rings. The van der Waals surface area contributed by atoms with Crippen molar-refractivity contribution in [2.24, 2.45) is 5.92 Å². The van der Waals surface area contributed by atoms with Crippen LogP contribution in [-0.2, 0) is 19.6 Å². The Hall–Kier alpha value is -2.53. The van der Waals surface area contributed by atoms with Crippen LogP contribution in [0.3, 0.4) is 0 Å². The molecule has 1 amide bonds. The third-order valence-electron chi connectivity index (χ3n) is 6.00. The fourth-order valence-electron chi connectivity index (χ4n) is 3.91. The van der Waals surface area contributed by atoms with Gasteiger partial charge in [-0.1, -0.05) is 31.2 Å². The summed E-state index contributed by atoms with van der Waals surface area (Å²) in [5, 5.41) is 9.74. The molecule has 1 heterocycles. The van der Waals surface area contributed by atoms with Gasteiger partial charge in [0, 0.05) is 38.2 Å². The maximum absolute atomic E-state index is 14.4. The van der Waals surface area contributed by atoms with E-state index in [0.29, 0.717) is 11.1 Å². The molecular formula is C24H31FN2O6S. The van der Waals surface area contributed by atoms with Crippen molar-refractivity contribution in [1.29, 1.82) is 0 Å². The lowest BCUT2D eigenvalue weighted by Gasteiger charge is -2.37. The van der Waals surface area contributed by atoms with E-state index in [1.165, 1.54) is 40.6 Å². The number of methoxy groups -OCH3 is 1. The summed E-state index contributed by atoms with van der Waals surface area (Å²) in [5.74, 6) is -0.942. The van der Waals surface area contributed by atoms with Crippen LogP contribution in [0.1, 0.15) is 13.8 Å². The lowest BCUT2D eigenvalue weighted by atomic mass is 10.0. The quantitative estimate of drug-likeness (QED) is 0.635. The Bertz CT molecular complexity index is 1130. The molecule has 0 radical (unpaired) electrons. The molecule has 186 valence electrons. The van der Waals surface area contributed by atoms with Gasteiger partial charge in [-0.2, -0.15) is 4.31 Å². The second-order valence-corrected chi connectivity index (χ2v) is 10.4. The van der Waals surface area contributed by atoms with Crippen molar-refractivity contribution in [2.45, 2.75) is 30.9 Å².